The number of fused-ring (bicyclic) bond motifs is 1. The third kappa shape index (κ3) is 5.61. The van der Waals surface area contributed by atoms with Crippen LogP contribution in [0.2, 0.25) is 0 Å². The lowest BCUT2D eigenvalue weighted by molar-refractivity contribution is -0.119. The van der Waals surface area contributed by atoms with E-state index in [-0.39, 0.29) is 11.8 Å². The lowest BCUT2D eigenvalue weighted by Crippen LogP contribution is -2.48. The molecule has 0 spiro atoms. The second-order valence-corrected chi connectivity index (χ2v) is 10.4. The summed E-state index contributed by atoms with van der Waals surface area (Å²) in [6.45, 7) is 4.19. The number of nitrogens with one attached hydrogen (secondary N) is 2. The molecule has 0 bridgehead atoms. The van der Waals surface area contributed by atoms with Crippen LogP contribution in [-0.2, 0) is 9.59 Å². The molecule has 2 aliphatic rings. The molecule has 0 aromatic heterocycles. The Kier molecular flexibility index (Phi) is 7.41. The van der Waals surface area contributed by atoms with E-state index in [1.807, 2.05) is 79.8 Å². The second kappa shape index (κ2) is 10.9. The molecule has 0 aliphatic carbocycles. The summed E-state index contributed by atoms with van der Waals surface area (Å²) in [7, 11) is 3.92. The van der Waals surface area contributed by atoms with Crippen molar-refractivity contribution in [1.29, 1.82) is 0 Å². The van der Waals surface area contributed by atoms with Gasteiger partial charge in [-0.1, -0.05) is 52.3 Å². The fraction of sp³-hybridized carbons (Fsp3) is 0.241. The van der Waals surface area contributed by atoms with Gasteiger partial charge in [0, 0.05) is 54.6 Å². The number of hydrogen-bond donors (Lipinski definition) is 2. The number of benzene rings is 3. The summed E-state index contributed by atoms with van der Waals surface area (Å²) in [6, 6.07) is 23.4. The molecule has 2 heterocycles. The zero-order valence-corrected chi connectivity index (χ0v) is 22.6. The summed E-state index contributed by atoms with van der Waals surface area (Å²) in [5, 5.41) is 6.46. The zero-order chi connectivity index (χ0) is 25.9. The van der Waals surface area contributed by atoms with Crippen LogP contribution in [-0.4, -0.2) is 68.4 Å². The van der Waals surface area contributed by atoms with Gasteiger partial charge in [0.2, 0.25) is 5.91 Å². The normalized spacial score (nSPS) is 17.2. The third-order valence-electron chi connectivity index (χ3n) is 6.89. The van der Waals surface area contributed by atoms with Crippen LogP contribution in [0.4, 0.5) is 17.1 Å². The van der Waals surface area contributed by atoms with Crippen molar-refractivity contribution in [1.82, 2.24) is 9.80 Å². The number of likely N-dealkylation sites (N-methyl/N-ethyl adjacent to an activating group) is 2. The molecule has 2 aliphatic heterocycles. The summed E-state index contributed by atoms with van der Waals surface area (Å²) in [4.78, 5) is 32.2. The first-order valence-electron chi connectivity index (χ1n) is 12.3. The van der Waals surface area contributed by atoms with Gasteiger partial charge in [-0.25, -0.2) is 0 Å². The van der Waals surface area contributed by atoms with Crippen molar-refractivity contribution in [2.45, 2.75) is 0 Å². The van der Waals surface area contributed by atoms with Crippen molar-refractivity contribution < 1.29 is 9.59 Å². The van der Waals surface area contributed by atoms with E-state index >= 15 is 0 Å². The SMILES string of the molecule is CN1CCN(CC(=O)N(C)c2ccc(N/C(=C3\C(=O)Nc4cc(Br)ccc43)c3ccccc3)cc2)CC1. The minimum atomic E-state index is -0.148. The Morgan fingerprint density at radius 1 is 1.00 bits per heavy atom. The molecule has 7 nitrogen and oxygen atoms in total. The van der Waals surface area contributed by atoms with Crippen molar-refractivity contribution in [2.75, 3.05) is 62.4 Å². The van der Waals surface area contributed by atoms with Crippen LogP contribution in [0, 0.1) is 0 Å². The van der Waals surface area contributed by atoms with Gasteiger partial charge in [-0.05, 0) is 49.0 Å². The van der Waals surface area contributed by atoms with Crippen LogP contribution in [0.25, 0.3) is 11.3 Å². The minimum absolute atomic E-state index is 0.0720. The number of rotatable bonds is 6. The summed E-state index contributed by atoms with van der Waals surface area (Å²) in [5.74, 6) is -0.0759. The summed E-state index contributed by atoms with van der Waals surface area (Å²) < 4.78 is 0.906. The molecule has 0 atom stereocenters. The number of hydrogen-bond acceptors (Lipinski definition) is 5. The minimum Gasteiger partial charge on any atom is -0.354 e. The van der Waals surface area contributed by atoms with E-state index in [1.54, 1.807) is 4.90 Å². The Morgan fingerprint density at radius 3 is 2.41 bits per heavy atom. The number of halogens is 1. The lowest BCUT2D eigenvalue weighted by Gasteiger charge is -2.32. The first-order valence-corrected chi connectivity index (χ1v) is 13.1. The third-order valence-corrected chi connectivity index (χ3v) is 7.38. The Morgan fingerprint density at radius 2 is 1.70 bits per heavy atom. The van der Waals surface area contributed by atoms with Gasteiger partial charge in [0.1, 0.15) is 0 Å². The van der Waals surface area contributed by atoms with Crippen LogP contribution < -0.4 is 15.5 Å². The molecule has 1 fully saturated rings. The van der Waals surface area contributed by atoms with E-state index in [9.17, 15) is 9.59 Å². The lowest BCUT2D eigenvalue weighted by atomic mass is 10.00. The van der Waals surface area contributed by atoms with E-state index < -0.39 is 0 Å². The Labute approximate surface area is 225 Å². The maximum absolute atomic E-state index is 13.1. The van der Waals surface area contributed by atoms with Gasteiger partial charge >= 0.3 is 0 Å². The average molecular weight is 560 g/mol. The van der Waals surface area contributed by atoms with Gasteiger partial charge in [-0.2, -0.15) is 0 Å². The van der Waals surface area contributed by atoms with Gasteiger partial charge in [-0.3, -0.25) is 14.5 Å². The molecule has 2 N–H and O–H groups in total. The summed E-state index contributed by atoms with van der Waals surface area (Å²) in [6.07, 6.45) is 0. The molecular formula is C29H30BrN5O2. The largest absolute Gasteiger partial charge is 0.354 e. The number of anilines is 3. The van der Waals surface area contributed by atoms with Gasteiger partial charge < -0.3 is 20.4 Å². The highest BCUT2D eigenvalue weighted by Crippen LogP contribution is 2.38. The predicted octanol–water partition coefficient (Wildman–Crippen LogP) is 4.59. The number of nitrogens with zero attached hydrogens (tertiary/aromatic N) is 3. The van der Waals surface area contributed by atoms with E-state index in [1.165, 1.54) is 0 Å². The number of carbonyl (C=O) groups excluding carboxylic acids is 2. The molecule has 0 radical (unpaired) electrons. The highest BCUT2D eigenvalue weighted by Gasteiger charge is 2.28. The highest BCUT2D eigenvalue weighted by molar-refractivity contribution is 9.10. The van der Waals surface area contributed by atoms with Crippen LogP contribution in [0.3, 0.4) is 0 Å². The molecular weight excluding hydrogens is 530 g/mol. The first-order chi connectivity index (χ1) is 17.9. The maximum Gasteiger partial charge on any atom is 0.258 e. The predicted molar refractivity (Wildman–Crippen MR) is 153 cm³/mol. The van der Waals surface area contributed by atoms with Crippen LogP contribution >= 0.6 is 15.9 Å². The van der Waals surface area contributed by atoms with E-state index in [4.69, 9.17) is 0 Å². The van der Waals surface area contributed by atoms with Crippen molar-refractivity contribution in [3.8, 4) is 0 Å². The van der Waals surface area contributed by atoms with Crippen LogP contribution in [0.1, 0.15) is 11.1 Å². The van der Waals surface area contributed by atoms with Crippen molar-refractivity contribution >= 4 is 56.1 Å². The standard InChI is InChI=1S/C29H30BrN5O2/c1-33-14-16-35(17-15-33)19-26(36)34(2)23-11-9-22(10-12-23)31-28(20-6-4-3-5-7-20)27-24-13-8-21(30)18-25(24)32-29(27)37/h3-13,18,31H,14-17,19H2,1-2H3,(H,32,37)/b28-27-. The van der Waals surface area contributed by atoms with E-state index in [2.05, 4.69) is 43.4 Å². The molecule has 8 heteroatoms. The molecule has 3 aromatic carbocycles. The van der Waals surface area contributed by atoms with Crippen molar-refractivity contribution in [3.63, 3.8) is 0 Å². The second-order valence-electron chi connectivity index (χ2n) is 9.46. The fourth-order valence-electron chi connectivity index (χ4n) is 4.64. The van der Waals surface area contributed by atoms with Crippen molar-refractivity contribution in [2.24, 2.45) is 0 Å². The van der Waals surface area contributed by atoms with Gasteiger partial charge in [0.05, 0.1) is 23.5 Å². The molecule has 1 saturated heterocycles. The summed E-state index contributed by atoms with van der Waals surface area (Å²) in [5.41, 5.74) is 5.52. The number of piperazine rings is 1. The van der Waals surface area contributed by atoms with Gasteiger partial charge in [-0.15, -0.1) is 0 Å². The van der Waals surface area contributed by atoms with Gasteiger partial charge in [0.15, 0.2) is 0 Å². The molecule has 0 saturated carbocycles. The smallest absolute Gasteiger partial charge is 0.258 e. The zero-order valence-electron chi connectivity index (χ0n) is 21.0. The average Bonchev–Trinajstić information content (AvgIpc) is 3.23. The number of amides is 2. The molecule has 190 valence electrons. The fourth-order valence-corrected chi connectivity index (χ4v) is 5.00. The molecule has 3 aromatic rings. The Hall–Kier alpha value is -3.46. The first kappa shape index (κ1) is 25.2. The van der Waals surface area contributed by atoms with E-state index in [0.29, 0.717) is 12.1 Å². The maximum atomic E-state index is 13.1. The van der Waals surface area contributed by atoms with E-state index in [0.717, 1.165) is 64.5 Å². The number of carbonyl (C=O) groups is 2. The molecule has 0 unspecified atom stereocenters. The Balaban J connectivity index is 1.38. The molecule has 5 rings (SSSR count). The Bertz CT molecular complexity index is 1330. The molecule has 2 amide bonds. The summed E-state index contributed by atoms with van der Waals surface area (Å²) >= 11 is 3.48. The van der Waals surface area contributed by atoms with Crippen LogP contribution in [0.5, 0.6) is 0 Å². The molecule has 37 heavy (non-hydrogen) atoms. The monoisotopic (exact) mass is 559 g/mol. The van der Waals surface area contributed by atoms with Crippen molar-refractivity contribution in [3.05, 3.63) is 88.4 Å². The van der Waals surface area contributed by atoms with Gasteiger partial charge in [0.25, 0.3) is 5.91 Å². The topological polar surface area (TPSA) is 67.9 Å². The van der Waals surface area contributed by atoms with Crippen LogP contribution in [0.15, 0.2) is 77.3 Å². The quantitative estimate of drug-likeness (QED) is 0.432. The highest BCUT2D eigenvalue weighted by atomic mass is 79.9.